The molecule has 0 aromatic heterocycles. The monoisotopic (exact) mass is 859 g/mol. The molecule has 14 heteroatoms. The van der Waals surface area contributed by atoms with Crippen LogP contribution in [-0.4, -0.2) is 82.7 Å². The minimum atomic E-state index is -4.45. The molecular formula is C44H79N2O10PS. The number of hydrogen-bond donors (Lipinski definition) is 5. The molecule has 0 aromatic carbocycles. The summed E-state index contributed by atoms with van der Waals surface area (Å²) in [6.45, 7) is 3.61. The van der Waals surface area contributed by atoms with E-state index in [1.54, 1.807) is 12.2 Å². The molecule has 1 unspecified atom stereocenters. The molecule has 0 amide bonds. The highest BCUT2D eigenvalue weighted by atomic mass is 32.2. The fourth-order valence-electron chi connectivity index (χ4n) is 5.62. The molecule has 0 saturated heterocycles. The van der Waals surface area contributed by atoms with E-state index in [0.29, 0.717) is 6.42 Å². The fraction of sp³-hybridized carbons (Fsp3) is 0.727. The maximum Gasteiger partial charge on any atom is 0.472 e. The molecule has 0 fully saturated rings. The van der Waals surface area contributed by atoms with E-state index >= 15 is 0 Å². The Morgan fingerprint density at radius 1 is 0.759 bits per heavy atom. The number of carbonyl (C=O) groups is 2. The molecule has 0 aliphatic carbocycles. The number of phosphoric acid groups is 1. The van der Waals surface area contributed by atoms with E-state index in [4.69, 9.17) is 35.1 Å². The molecule has 0 aliphatic rings. The van der Waals surface area contributed by atoms with Gasteiger partial charge in [0.2, 0.25) is 0 Å². The van der Waals surface area contributed by atoms with Crippen molar-refractivity contribution in [2.75, 3.05) is 32.1 Å². The number of carboxylic acid groups (broad SMARTS) is 1. The van der Waals surface area contributed by atoms with Crippen LogP contribution in [0.4, 0.5) is 0 Å². The molecule has 5 atom stereocenters. The summed E-state index contributed by atoms with van der Waals surface area (Å²) in [7, 11) is -4.45. The third-order valence-corrected chi connectivity index (χ3v) is 11.4. The Labute approximate surface area is 354 Å². The van der Waals surface area contributed by atoms with Gasteiger partial charge in [0.05, 0.1) is 25.6 Å². The lowest BCUT2D eigenvalue weighted by atomic mass is 10.0. The Kier molecular flexibility index (Phi) is 38.7. The normalized spacial score (nSPS) is 15.5. The largest absolute Gasteiger partial charge is 0.498 e. The van der Waals surface area contributed by atoms with Crippen molar-refractivity contribution in [3.63, 3.8) is 0 Å². The maximum atomic E-state index is 13.1. The Hall–Kier alpha value is -2.22. The van der Waals surface area contributed by atoms with Crippen molar-refractivity contribution in [1.29, 1.82) is 0 Å². The molecule has 58 heavy (non-hydrogen) atoms. The number of aliphatic hydroxyl groups is 1. The second-order valence-corrected chi connectivity index (χ2v) is 17.2. The Morgan fingerprint density at radius 2 is 1.36 bits per heavy atom. The van der Waals surface area contributed by atoms with Gasteiger partial charge in [0.1, 0.15) is 12.6 Å². The van der Waals surface area contributed by atoms with Gasteiger partial charge in [0.25, 0.3) is 0 Å². The number of phosphoric ester groups is 1. The van der Waals surface area contributed by atoms with E-state index in [2.05, 4.69) is 26.0 Å². The molecule has 0 rings (SSSR count). The van der Waals surface area contributed by atoms with Crippen molar-refractivity contribution in [2.24, 2.45) is 11.5 Å². The van der Waals surface area contributed by atoms with Crippen LogP contribution in [0.3, 0.4) is 0 Å². The molecule has 336 valence electrons. The van der Waals surface area contributed by atoms with Gasteiger partial charge in [0.15, 0.2) is 6.10 Å². The summed E-state index contributed by atoms with van der Waals surface area (Å²) in [5, 5.41) is 19.5. The van der Waals surface area contributed by atoms with Gasteiger partial charge in [-0.3, -0.25) is 18.6 Å². The molecule has 0 heterocycles. The molecule has 0 radical (unpaired) electrons. The smallest absolute Gasteiger partial charge is 0.472 e. The first kappa shape index (κ1) is 55.8. The van der Waals surface area contributed by atoms with Crippen molar-refractivity contribution in [2.45, 2.75) is 172 Å². The number of rotatable bonds is 41. The number of unbranched alkanes of at least 4 members (excludes halogenated alkanes) is 15. The number of aliphatic hydroxyl groups excluding tert-OH is 1. The van der Waals surface area contributed by atoms with Gasteiger partial charge >= 0.3 is 19.8 Å². The highest BCUT2D eigenvalue weighted by Crippen LogP contribution is 2.43. The predicted octanol–water partition coefficient (Wildman–Crippen LogP) is 9.85. The molecule has 0 saturated carbocycles. The molecule has 0 aliphatic heterocycles. The van der Waals surface area contributed by atoms with E-state index in [0.717, 1.165) is 32.1 Å². The zero-order valence-electron chi connectivity index (χ0n) is 35.7. The van der Waals surface area contributed by atoms with Crippen LogP contribution in [0.15, 0.2) is 60.9 Å². The number of carbonyl (C=O) groups excluding carboxylic acids is 1. The standard InChI is InChI=1S/C44H79N2O10PS/c1-3-5-7-9-11-13-15-17-18-20-22-24-26-28-34-53-36-39(37-55-57(51,52)54-35-33-45)56-44(50)40(46)38-58-42(41(47)30-29-32-43(48)49)31-27-25-23-21-19-16-14-12-10-8-6-4-2/h12,14,19,21,23,25,27-28,31,34,39-42,47H,3-11,13,15-18,20,22,24,26,29-30,32-33,35-38,45-46H2,1-2H3,(H,48,49)(H,51,52)/b14-12-,21-19-,25-23+,31-27+,34-28+/t39-,40+,41+,42-/m1/s1. The second kappa shape index (κ2) is 40.2. The number of ether oxygens (including phenoxy) is 2. The van der Waals surface area contributed by atoms with Gasteiger partial charge in [-0.2, -0.15) is 0 Å². The number of allylic oxidation sites excluding steroid dienone is 8. The Morgan fingerprint density at radius 3 is 2.02 bits per heavy atom. The van der Waals surface area contributed by atoms with Crippen LogP contribution in [0.1, 0.15) is 149 Å². The van der Waals surface area contributed by atoms with E-state index in [1.807, 2.05) is 30.4 Å². The first-order chi connectivity index (χ1) is 28.1. The van der Waals surface area contributed by atoms with Crippen LogP contribution < -0.4 is 11.5 Å². The summed E-state index contributed by atoms with van der Waals surface area (Å²) in [6.07, 6.45) is 39.3. The summed E-state index contributed by atoms with van der Waals surface area (Å²) in [6, 6.07) is -1.11. The van der Waals surface area contributed by atoms with Gasteiger partial charge in [-0.05, 0) is 51.0 Å². The highest BCUT2D eigenvalue weighted by molar-refractivity contribution is 8.00. The third-order valence-electron chi connectivity index (χ3n) is 9.00. The summed E-state index contributed by atoms with van der Waals surface area (Å²) < 4.78 is 33.3. The van der Waals surface area contributed by atoms with E-state index in [9.17, 15) is 24.2 Å². The van der Waals surface area contributed by atoms with Crippen molar-refractivity contribution in [1.82, 2.24) is 0 Å². The van der Waals surface area contributed by atoms with Crippen molar-refractivity contribution in [3.8, 4) is 0 Å². The van der Waals surface area contributed by atoms with Crippen LogP contribution in [0.25, 0.3) is 0 Å². The van der Waals surface area contributed by atoms with Crippen LogP contribution in [0, 0.1) is 0 Å². The molecular weight excluding hydrogens is 780 g/mol. The van der Waals surface area contributed by atoms with Crippen molar-refractivity contribution < 1.29 is 47.8 Å². The lowest BCUT2D eigenvalue weighted by molar-refractivity contribution is -0.154. The second-order valence-electron chi connectivity index (χ2n) is 14.5. The van der Waals surface area contributed by atoms with Crippen LogP contribution in [-0.2, 0) is 32.7 Å². The SMILES string of the molecule is CCCCC/C=C\C\C=C/C=C/C=C/[C@@H](SC[C@H](N)C(=O)O[C@H](CO/C=C/CCCCCCCCCCCCCC)COP(=O)(O)OCCN)[C@@H](O)CCCC(=O)O. The first-order valence-electron chi connectivity index (χ1n) is 21.8. The van der Waals surface area contributed by atoms with Crippen molar-refractivity contribution >= 4 is 31.5 Å². The number of aliphatic carboxylic acids is 1. The molecule has 12 nitrogen and oxygen atoms in total. The van der Waals surface area contributed by atoms with E-state index in [1.165, 1.54) is 101 Å². The van der Waals surface area contributed by atoms with Gasteiger partial charge in [-0.25, -0.2) is 4.57 Å². The number of hydrogen-bond acceptors (Lipinski definition) is 11. The number of carboxylic acids is 1. The zero-order chi connectivity index (χ0) is 43.0. The van der Waals surface area contributed by atoms with Crippen LogP contribution in [0.2, 0.25) is 0 Å². The lowest BCUT2D eigenvalue weighted by Gasteiger charge is -2.23. The Bertz CT molecular complexity index is 1200. The minimum Gasteiger partial charge on any atom is -0.498 e. The first-order valence-corrected chi connectivity index (χ1v) is 24.3. The quantitative estimate of drug-likeness (QED) is 0.00972. The number of thioether (sulfide) groups is 1. The van der Waals surface area contributed by atoms with Gasteiger partial charge < -0.3 is 36.0 Å². The summed E-state index contributed by atoms with van der Waals surface area (Å²) in [4.78, 5) is 34.1. The molecule has 7 N–H and O–H groups in total. The van der Waals surface area contributed by atoms with Crippen LogP contribution >= 0.6 is 19.6 Å². The molecule has 0 spiro atoms. The average Bonchev–Trinajstić information content (AvgIpc) is 3.19. The van der Waals surface area contributed by atoms with Gasteiger partial charge in [0, 0.05) is 24.0 Å². The van der Waals surface area contributed by atoms with Gasteiger partial charge in [-0.1, -0.05) is 146 Å². The molecule has 0 aromatic rings. The third kappa shape index (κ3) is 36.8. The number of nitrogens with two attached hydrogens (primary N) is 2. The summed E-state index contributed by atoms with van der Waals surface area (Å²) in [5.41, 5.74) is 11.6. The average molecular weight is 859 g/mol. The van der Waals surface area contributed by atoms with E-state index < -0.39 is 49.9 Å². The summed E-state index contributed by atoms with van der Waals surface area (Å²) in [5.74, 6) is -1.65. The minimum absolute atomic E-state index is 0.0147. The Balaban J connectivity index is 5.09. The zero-order valence-corrected chi connectivity index (χ0v) is 37.4. The van der Waals surface area contributed by atoms with Gasteiger partial charge in [-0.15, -0.1) is 11.8 Å². The summed E-state index contributed by atoms with van der Waals surface area (Å²) >= 11 is 1.24. The lowest BCUT2D eigenvalue weighted by Crippen LogP contribution is -2.40. The maximum absolute atomic E-state index is 13.1. The molecule has 0 bridgehead atoms. The van der Waals surface area contributed by atoms with Crippen LogP contribution in [0.5, 0.6) is 0 Å². The van der Waals surface area contributed by atoms with E-state index in [-0.39, 0.29) is 38.4 Å². The number of esters is 1. The predicted molar refractivity (Wildman–Crippen MR) is 238 cm³/mol. The highest BCUT2D eigenvalue weighted by Gasteiger charge is 2.28. The van der Waals surface area contributed by atoms with Crippen molar-refractivity contribution in [3.05, 3.63) is 60.9 Å². The topological polar surface area (TPSA) is 201 Å². The fourth-order valence-corrected chi connectivity index (χ4v) is 7.51.